The Labute approximate surface area is 121 Å². The lowest BCUT2D eigenvalue weighted by atomic mass is 9.91. The summed E-state index contributed by atoms with van der Waals surface area (Å²) in [6.45, 7) is 2.42. The normalized spacial score (nSPS) is 17.6. The molecule has 0 saturated heterocycles. The molecule has 0 aliphatic heterocycles. The maximum absolute atomic E-state index is 13.8. The molecule has 4 heteroatoms. The highest BCUT2D eigenvalue weighted by Gasteiger charge is 2.41. The van der Waals surface area contributed by atoms with Crippen LogP contribution < -0.4 is 0 Å². The number of hydrogen-bond acceptors (Lipinski definition) is 2. The van der Waals surface area contributed by atoms with E-state index in [0.29, 0.717) is 16.6 Å². The lowest BCUT2D eigenvalue weighted by molar-refractivity contribution is -0.142. The molecule has 0 atom stereocenters. The predicted molar refractivity (Wildman–Crippen MR) is 75.6 cm³/mol. The van der Waals surface area contributed by atoms with Crippen LogP contribution in [-0.4, -0.2) is 18.0 Å². The summed E-state index contributed by atoms with van der Waals surface area (Å²) >= 11 is 3.21. The number of benzene rings is 1. The van der Waals surface area contributed by atoms with Gasteiger partial charge in [-0.15, -0.1) is 0 Å². The zero-order valence-electron chi connectivity index (χ0n) is 11.0. The Balaban J connectivity index is 2.15. The van der Waals surface area contributed by atoms with E-state index in [2.05, 4.69) is 15.9 Å². The summed E-state index contributed by atoms with van der Waals surface area (Å²) in [6, 6.07) is 4.81. The Bertz CT molecular complexity index is 467. The van der Waals surface area contributed by atoms with Crippen LogP contribution in [0.1, 0.15) is 38.2 Å². The highest BCUT2D eigenvalue weighted by molar-refractivity contribution is 9.10. The van der Waals surface area contributed by atoms with Crippen molar-refractivity contribution in [2.45, 2.75) is 44.6 Å². The van der Waals surface area contributed by atoms with E-state index in [4.69, 9.17) is 4.74 Å². The van der Waals surface area contributed by atoms with Crippen LogP contribution in [0, 0.1) is 5.82 Å². The largest absolute Gasteiger partial charge is 0.367 e. The molecule has 2 rings (SSSR count). The first kappa shape index (κ1) is 14.7. The number of carbonyl (C=O) groups excluding carboxylic acids is 1. The summed E-state index contributed by atoms with van der Waals surface area (Å²) in [4.78, 5) is 12.5. The molecule has 1 fully saturated rings. The predicted octanol–water partition coefficient (Wildman–Crippen LogP) is 4.05. The van der Waals surface area contributed by atoms with E-state index >= 15 is 0 Å². The molecule has 1 aliphatic rings. The number of ether oxygens (including phenoxy) is 1. The fraction of sp³-hybridized carbons (Fsp3) is 0.533. The quantitative estimate of drug-likeness (QED) is 0.815. The van der Waals surface area contributed by atoms with Gasteiger partial charge in [0, 0.05) is 17.5 Å². The van der Waals surface area contributed by atoms with Crippen LogP contribution in [0.25, 0.3) is 0 Å². The minimum Gasteiger partial charge on any atom is -0.367 e. The zero-order valence-corrected chi connectivity index (χ0v) is 12.6. The number of rotatable bonds is 5. The van der Waals surface area contributed by atoms with Crippen LogP contribution in [0.4, 0.5) is 4.39 Å². The number of hydrogen-bond donors (Lipinski definition) is 0. The van der Waals surface area contributed by atoms with Crippen molar-refractivity contribution in [2.24, 2.45) is 0 Å². The van der Waals surface area contributed by atoms with Crippen LogP contribution >= 0.6 is 15.9 Å². The number of halogens is 2. The van der Waals surface area contributed by atoms with Gasteiger partial charge in [-0.1, -0.05) is 22.0 Å². The second kappa shape index (κ2) is 6.14. The Morgan fingerprint density at radius 2 is 2.11 bits per heavy atom. The van der Waals surface area contributed by atoms with Crippen molar-refractivity contribution in [3.63, 3.8) is 0 Å². The van der Waals surface area contributed by atoms with Crippen LogP contribution in [0.2, 0.25) is 0 Å². The van der Waals surface area contributed by atoms with Crippen molar-refractivity contribution in [3.05, 3.63) is 34.1 Å². The van der Waals surface area contributed by atoms with Gasteiger partial charge >= 0.3 is 0 Å². The van der Waals surface area contributed by atoms with E-state index < -0.39 is 5.60 Å². The number of Topliss-reactive ketones (excluding diaryl/α,β-unsaturated/α-hetero) is 1. The van der Waals surface area contributed by atoms with E-state index in [1.165, 1.54) is 6.07 Å². The summed E-state index contributed by atoms with van der Waals surface area (Å²) < 4.78 is 20.2. The van der Waals surface area contributed by atoms with Crippen molar-refractivity contribution in [3.8, 4) is 0 Å². The topological polar surface area (TPSA) is 26.3 Å². The van der Waals surface area contributed by atoms with Crippen molar-refractivity contribution < 1.29 is 13.9 Å². The van der Waals surface area contributed by atoms with Gasteiger partial charge in [-0.05, 0) is 50.3 Å². The molecular weight excluding hydrogens is 311 g/mol. The van der Waals surface area contributed by atoms with Crippen LogP contribution in [0.5, 0.6) is 0 Å². The molecule has 19 heavy (non-hydrogen) atoms. The SMILES string of the molecule is CCOC1(C(=O)Cc2ccc(Br)cc2F)CCCC1. The summed E-state index contributed by atoms with van der Waals surface area (Å²) in [5.41, 5.74) is -0.229. The summed E-state index contributed by atoms with van der Waals surface area (Å²) in [5, 5.41) is 0. The highest BCUT2D eigenvalue weighted by Crippen LogP contribution is 2.35. The lowest BCUT2D eigenvalue weighted by Gasteiger charge is -2.27. The average Bonchev–Trinajstić information content (AvgIpc) is 2.83. The van der Waals surface area contributed by atoms with Gasteiger partial charge in [0.25, 0.3) is 0 Å². The van der Waals surface area contributed by atoms with Gasteiger partial charge in [0.15, 0.2) is 5.78 Å². The first-order chi connectivity index (χ1) is 9.07. The smallest absolute Gasteiger partial charge is 0.169 e. The highest BCUT2D eigenvalue weighted by atomic mass is 79.9. The fourth-order valence-corrected chi connectivity index (χ4v) is 3.06. The molecule has 0 heterocycles. The van der Waals surface area contributed by atoms with Gasteiger partial charge < -0.3 is 4.74 Å². The van der Waals surface area contributed by atoms with Crippen molar-refractivity contribution in [2.75, 3.05) is 6.61 Å². The first-order valence-electron chi connectivity index (χ1n) is 6.68. The maximum atomic E-state index is 13.8. The molecule has 0 radical (unpaired) electrons. The van der Waals surface area contributed by atoms with Crippen molar-refractivity contribution in [1.82, 2.24) is 0 Å². The Kier molecular flexibility index (Phi) is 4.74. The van der Waals surface area contributed by atoms with Crippen LogP contribution in [0.3, 0.4) is 0 Å². The van der Waals surface area contributed by atoms with Crippen molar-refractivity contribution >= 4 is 21.7 Å². The Morgan fingerprint density at radius 3 is 2.68 bits per heavy atom. The fourth-order valence-electron chi connectivity index (χ4n) is 2.73. The Hall–Kier alpha value is -0.740. The third-order valence-corrected chi connectivity index (χ3v) is 4.20. The molecule has 0 amide bonds. The third kappa shape index (κ3) is 3.23. The molecule has 0 unspecified atom stereocenters. The van der Waals surface area contributed by atoms with E-state index in [0.717, 1.165) is 25.7 Å². The van der Waals surface area contributed by atoms with Gasteiger partial charge in [0.05, 0.1) is 0 Å². The van der Waals surface area contributed by atoms with Gasteiger partial charge in [0.2, 0.25) is 0 Å². The van der Waals surface area contributed by atoms with Crippen molar-refractivity contribution in [1.29, 1.82) is 0 Å². The van der Waals surface area contributed by atoms with E-state index in [9.17, 15) is 9.18 Å². The standard InChI is InChI=1S/C15H18BrFO2/c1-2-19-15(7-3-4-8-15)14(18)9-11-5-6-12(16)10-13(11)17/h5-6,10H,2-4,7-9H2,1H3. The average molecular weight is 329 g/mol. The minimum atomic E-state index is -0.672. The van der Waals surface area contributed by atoms with Gasteiger partial charge in [0.1, 0.15) is 11.4 Å². The molecule has 1 aromatic rings. The van der Waals surface area contributed by atoms with Crippen LogP contribution in [0.15, 0.2) is 22.7 Å². The number of ketones is 1. The molecule has 0 spiro atoms. The molecule has 0 aromatic heterocycles. The van der Waals surface area contributed by atoms with Gasteiger partial charge in [-0.2, -0.15) is 0 Å². The Morgan fingerprint density at radius 1 is 1.42 bits per heavy atom. The minimum absolute atomic E-state index is 0.00747. The lowest BCUT2D eigenvalue weighted by Crippen LogP contribution is -2.40. The molecule has 0 bridgehead atoms. The third-order valence-electron chi connectivity index (χ3n) is 3.71. The molecule has 104 valence electrons. The van der Waals surface area contributed by atoms with E-state index in [-0.39, 0.29) is 18.0 Å². The van der Waals surface area contributed by atoms with Gasteiger partial charge in [-0.3, -0.25) is 4.79 Å². The second-order valence-corrected chi connectivity index (χ2v) is 5.89. The molecular formula is C15H18BrFO2. The maximum Gasteiger partial charge on any atom is 0.169 e. The second-order valence-electron chi connectivity index (χ2n) is 4.97. The van der Waals surface area contributed by atoms with Crippen LogP contribution in [-0.2, 0) is 16.0 Å². The van der Waals surface area contributed by atoms with E-state index in [1.54, 1.807) is 12.1 Å². The first-order valence-corrected chi connectivity index (χ1v) is 7.48. The molecule has 1 aliphatic carbocycles. The summed E-state index contributed by atoms with van der Waals surface area (Å²) in [7, 11) is 0. The molecule has 1 saturated carbocycles. The molecule has 1 aromatic carbocycles. The number of carbonyl (C=O) groups is 1. The summed E-state index contributed by atoms with van der Waals surface area (Å²) in [6.07, 6.45) is 3.65. The molecule has 2 nitrogen and oxygen atoms in total. The van der Waals surface area contributed by atoms with E-state index in [1.807, 2.05) is 6.92 Å². The zero-order chi connectivity index (χ0) is 13.9. The van der Waals surface area contributed by atoms with Gasteiger partial charge in [-0.25, -0.2) is 4.39 Å². The monoisotopic (exact) mass is 328 g/mol. The molecule has 0 N–H and O–H groups in total. The summed E-state index contributed by atoms with van der Waals surface area (Å²) in [5.74, 6) is -0.333.